The minimum absolute atomic E-state index is 0.174. The van der Waals surface area contributed by atoms with E-state index in [1.807, 2.05) is 48.5 Å². The van der Waals surface area contributed by atoms with Crippen molar-refractivity contribution in [2.75, 3.05) is 33.0 Å². The van der Waals surface area contributed by atoms with Crippen LogP contribution in [0.4, 0.5) is 0 Å². The van der Waals surface area contributed by atoms with Crippen LogP contribution >= 0.6 is 11.8 Å². The van der Waals surface area contributed by atoms with E-state index in [9.17, 15) is 14.4 Å². The molecule has 194 valence electrons. The van der Waals surface area contributed by atoms with Crippen molar-refractivity contribution in [3.63, 3.8) is 0 Å². The number of aromatic nitrogens is 1. The highest BCUT2D eigenvalue weighted by Crippen LogP contribution is 2.37. The Bertz CT molecular complexity index is 1310. The lowest BCUT2D eigenvalue weighted by Crippen LogP contribution is -2.52. The van der Waals surface area contributed by atoms with E-state index in [1.54, 1.807) is 14.2 Å². The second-order valence-corrected chi connectivity index (χ2v) is 9.55. The normalized spacial score (nSPS) is 15.8. The van der Waals surface area contributed by atoms with E-state index < -0.39 is 18.1 Å². The number of nitrogens with zero attached hydrogens (tertiary/aromatic N) is 2. The molecule has 2 heterocycles. The number of rotatable bonds is 8. The number of carbonyl (C=O) groups is 3. The molecule has 4 rings (SSSR count). The topological polar surface area (TPSA) is 107 Å². The monoisotopic (exact) mass is 523 g/mol. The van der Waals surface area contributed by atoms with Crippen molar-refractivity contribution in [2.45, 2.75) is 25.4 Å². The van der Waals surface area contributed by atoms with Crippen molar-refractivity contribution in [2.24, 2.45) is 0 Å². The van der Waals surface area contributed by atoms with Gasteiger partial charge in [-0.25, -0.2) is 9.78 Å². The molecule has 0 radical (unpaired) electrons. The zero-order valence-corrected chi connectivity index (χ0v) is 22.0. The number of ether oxygens (including phenoxy) is 3. The van der Waals surface area contributed by atoms with Crippen LogP contribution in [0.1, 0.15) is 12.5 Å². The van der Waals surface area contributed by atoms with Crippen LogP contribution in [0, 0.1) is 0 Å². The Morgan fingerprint density at radius 2 is 1.81 bits per heavy atom. The van der Waals surface area contributed by atoms with Crippen LogP contribution in [-0.2, 0) is 25.5 Å². The maximum Gasteiger partial charge on any atom is 0.328 e. The van der Waals surface area contributed by atoms with Crippen LogP contribution in [0.25, 0.3) is 22.2 Å². The fourth-order valence-corrected chi connectivity index (χ4v) is 5.57. The number of nitrogens with one attached hydrogen (secondary N) is 1. The van der Waals surface area contributed by atoms with E-state index in [0.29, 0.717) is 28.8 Å². The van der Waals surface area contributed by atoms with E-state index in [0.717, 1.165) is 22.0 Å². The molecule has 2 amide bonds. The Morgan fingerprint density at radius 1 is 1.08 bits per heavy atom. The molecule has 3 aromatic rings. The highest BCUT2D eigenvalue weighted by Gasteiger charge is 2.35. The quantitative estimate of drug-likeness (QED) is 0.449. The van der Waals surface area contributed by atoms with Gasteiger partial charge in [0.05, 0.1) is 44.0 Å². The average Bonchev–Trinajstić information content (AvgIpc) is 3.42. The summed E-state index contributed by atoms with van der Waals surface area (Å²) in [4.78, 5) is 43.6. The van der Waals surface area contributed by atoms with Crippen molar-refractivity contribution in [3.8, 4) is 22.8 Å². The second-order valence-electron chi connectivity index (χ2n) is 8.55. The van der Waals surface area contributed by atoms with Gasteiger partial charge in [-0.15, -0.1) is 11.8 Å². The highest BCUT2D eigenvalue weighted by molar-refractivity contribution is 7.99. The number of hydrogen-bond acceptors (Lipinski definition) is 8. The summed E-state index contributed by atoms with van der Waals surface area (Å²) in [5.74, 6) is 1.16. The van der Waals surface area contributed by atoms with Gasteiger partial charge in [0.2, 0.25) is 11.8 Å². The number of benzene rings is 2. The fraction of sp³-hybridized carbons (Fsp3) is 0.333. The maximum atomic E-state index is 12.9. The largest absolute Gasteiger partial charge is 0.496 e. The third kappa shape index (κ3) is 5.64. The van der Waals surface area contributed by atoms with E-state index in [4.69, 9.17) is 19.2 Å². The first-order valence-corrected chi connectivity index (χ1v) is 12.9. The number of esters is 1. The molecule has 1 N–H and O–H groups in total. The summed E-state index contributed by atoms with van der Waals surface area (Å²) < 4.78 is 16.0. The van der Waals surface area contributed by atoms with Gasteiger partial charge in [-0.1, -0.05) is 18.2 Å². The molecule has 0 bridgehead atoms. The van der Waals surface area contributed by atoms with Crippen LogP contribution < -0.4 is 14.8 Å². The first-order valence-electron chi connectivity index (χ1n) is 11.7. The molecule has 2 atom stereocenters. The zero-order chi connectivity index (χ0) is 26.5. The van der Waals surface area contributed by atoms with Crippen LogP contribution in [0.3, 0.4) is 0 Å². The van der Waals surface area contributed by atoms with Crippen molar-refractivity contribution in [3.05, 3.63) is 54.1 Å². The van der Waals surface area contributed by atoms with Crippen LogP contribution in [0.5, 0.6) is 11.5 Å². The lowest BCUT2D eigenvalue weighted by molar-refractivity contribution is -0.146. The highest BCUT2D eigenvalue weighted by atomic mass is 32.2. The molecule has 37 heavy (non-hydrogen) atoms. The van der Waals surface area contributed by atoms with Crippen molar-refractivity contribution in [1.29, 1.82) is 0 Å². The lowest BCUT2D eigenvalue weighted by atomic mass is 10.0. The van der Waals surface area contributed by atoms with Crippen LogP contribution in [-0.4, -0.2) is 72.7 Å². The molecule has 10 heteroatoms. The molecule has 1 aromatic heterocycles. The number of fused-ring (bicyclic) bond motifs is 1. The average molecular weight is 524 g/mol. The first kappa shape index (κ1) is 26.3. The molecule has 0 aliphatic carbocycles. The van der Waals surface area contributed by atoms with Crippen molar-refractivity contribution in [1.82, 2.24) is 15.2 Å². The van der Waals surface area contributed by atoms with Crippen molar-refractivity contribution >= 4 is 40.4 Å². The van der Waals surface area contributed by atoms with E-state index in [-0.39, 0.29) is 18.2 Å². The standard InChI is InChI=1S/C27H29N3O6S/c1-16(31)30-15-37-14-22(30)26(32)29-21(27(33)36-4)13-17-8-10-19-18(12-17)9-11-20(28-19)25-23(34-2)6-5-7-24(25)35-3/h5-12,21-22H,13-15H2,1-4H3,(H,29,32)/t21-,22-/m0/s1. The summed E-state index contributed by atoms with van der Waals surface area (Å²) in [6, 6.07) is 13.6. The lowest BCUT2D eigenvalue weighted by Gasteiger charge is -2.24. The Hall–Kier alpha value is -3.79. The molecule has 9 nitrogen and oxygen atoms in total. The van der Waals surface area contributed by atoms with Gasteiger partial charge >= 0.3 is 5.97 Å². The Labute approximate surface area is 219 Å². The number of hydrogen-bond donors (Lipinski definition) is 1. The third-order valence-electron chi connectivity index (χ3n) is 6.27. The summed E-state index contributed by atoms with van der Waals surface area (Å²) >= 11 is 1.50. The van der Waals surface area contributed by atoms with Crippen LogP contribution in [0.15, 0.2) is 48.5 Å². The molecule has 1 fully saturated rings. The van der Waals surface area contributed by atoms with Gasteiger partial charge in [0.25, 0.3) is 0 Å². The van der Waals surface area contributed by atoms with Gasteiger partial charge in [0, 0.05) is 24.5 Å². The smallest absolute Gasteiger partial charge is 0.328 e. The number of pyridine rings is 1. The Morgan fingerprint density at radius 3 is 2.46 bits per heavy atom. The third-order valence-corrected chi connectivity index (χ3v) is 7.28. The van der Waals surface area contributed by atoms with E-state index >= 15 is 0 Å². The summed E-state index contributed by atoms with van der Waals surface area (Å²) in [6.45, 7) is 1.43. The summed E-state index contributed by atoms with van der Waals surface area (Å²) in [6.07, 6.45) is 0.233. The van der Waals surface area contributed by atoms with Gasteiger partial charge < -0.3 is 24.4 Å². The molecular weight excluding hydrogens is 494 g/mol. The number of carbonyl (C=O) groups excluding carboxylic acids is 3. The predicted molar refractivity (Wildman–Crippen MR) is 142 cm³/mol. The number of amides is 2. The van der Waals surface area contributed by atoms with Gasteiger partial charge in [-0.3, -0.25) is 9.59 Å². The molecular formula is C27H29N3O6S. The predicted octanol–water partition coefficient (Wildman–Crippen LogP) is 3.04. The number of thioether (sulfide) groups is 1. The molecule has 0 unspecified atom stereocenters. The fourth-order valence-electron chi connectivity index (χ4n) is 4.35. The van der Waals surface area contributed by atoms with Gasteiger partial charge in [0.15, 0.2) is 0 Å². The second kappa shape index (κ2) is 11.5. The maximum absolute atomic E-state index is 12.9. The number of methoxy groups -OCH3 is 3. The van der Waals surface area contributed by atoms with E-state index in [1.165, 1.54) is 30.7 Å². The molecule has 0 spiro atoms. The Kier molecular flexibility index (Phi) is 8.17. The minimum Gasteiger partial charge on any atom is -0.496 e. The molecule has 0 saturated carbocycles. The molecule has 1 aliphatic heterocycles. The summed E-state index contributed by atoms with van der Waals surface area (Å²) in [5.41, 5.74) is 3.06. The Balaban J connectivity index is 1.57. The van der Waals surface area contributed by atoms with Gasteiger partial charge in [-0.05, 0) is 35.9 Å². The first-order chi connectivity index (χ1) is 17.9. The molecule has 1 saturated heterocycles. The summed E-state index contributed by atoms with van der Waals surface area (Å²) in [5, 5.41) is 3.66. The molecule has 1 aliphatic rings. The SMILES string of the molecule is COC(=O)[C@H](Cc1ccc2nc(-c3c(OC)cccc3OC)ccc2c1)NC(=O)[C@@H]1CSCN1C(C)=O. The van der Waals surface area contributed by atoms with Crippen LogP contribution in [0.2, 0.25) is 0 Å². The van der Waals surface area contributed by atoms with Gasteiger partial charge in [-0.2, -0.15) is 0 Å². The minimum atomic E-state index is -0.889. The van der Waals surface area contributed by atoms with E-state index in [2.05, 4.69) is 5.32 Å². The molecule has 2 aromatic carbocycles. The zero-order valence-electron chi connectivity index (χ0n) is 21.1. The van der Waals surface area contributed by atoms with Crippen molar-refractivity contribution < 1.29 is 28.6 Å². The van der Waals surface area contributed by atoms with Gasteiger partial charge in [0.1, 0.15) is 23.6 Å². The summed E-state index contributed by atoms with van der Waals surface area (Å²) in [7, 11) is 4.49.